The highest BCUT2D eigenvalue weighted by atomic mass is 32.2. The molecule has 0 aliphatic carbocycles. The number of carbonyl (C=O) groups excluding carboxylic acids is 1. The normalized spacial score (nSPS) is 14.7. The topological polar surface area (TPSA) is 50.4 Å². The van der Waals surface area contributed by atoms with Gasteiger partial charge in [-0.25, -0.2) is 0 Å². The van der Waals surface area contributed by atoms with Gasteiger partial charge in [0.15, 0.2) is 0 Å². The number of thioether (sulfide) groups is 1. The molecule has 0 fully saturated rings. The highest BCUT2D eigenvalue weighted by molar-refractivity contribution is 7.99. The first kappa shape index (κ1) is 14.7. The van der Waals surface area contributed by atoms with Crippen molar-refractivity contribution in [2.75, 3.05) is 33.1 Å². The number of ether oxygens (including phenoxy) is 1. The Morgan fingerprint density at radius 2 is 2.13 bits per heavy atom. The number of amides is 1. The molecule has 0 spiro atoms. The molecule has 0 aromatic rings. The molecule has 2 unspecified atom stereocenters. The summed E-state index contributed by atoms with van der Waals surface area (Å²) in [5, 5.41) is 6.51. The molecule has 0 aliphatic heterocycles. The van der Waals surface area contributed by atoms with E-state index in [4.69, 9.17) is 4.74 Å². The van der Waals surface area contributed by atoms with Gasteiger partial charge in [0, 0.05) is 25.4 Å². The molecule has 0 saturated heterocycles. The minimum absolute atomic E-state index is 0.0281. The summed E-state index contributed by atoms with van der Waals surface area (Å²) in [5.74, 6) is 0.0281. The van der Waals surface area contributed by atoms with Crippen molar-refractivity contribution in [3.8, 4) is 0 Å². The van der Waals surface area contributed by atoms with Crippen LogP contribution < -0.4 is 10.6 Å². The summed E-state index contributed by atoms with van der Waals surface area (Å²) in [6.45, 7) is 5.97. The van der Waals surface area contributed by atoms with Crippen molar-refractivity contribution in [2.24, 2.45) is 0 Å². The second-order valence-electron chi connectivity index (χ2n) is 3.46. The third-order valence-corrected chi connectivity index (χ3v) is 3.08. The first-order valence-electron chi connectivity index (χ1n) is 5.14. The van der Waals surface area contributed by atoms with Crippen LogP contribution in [0.3, 0.4) is 0 Å². The van der Waals surface area contributed by atoms with Gasteiger partial charge in [-0.3, -0.25) is 4.79 Å². The van der Waals surface area contributed by atoms with E-state index in [0.717, 1.165) is 6.54 Å². The lowest BCUT2D eigenvalue weighted by Gasteiger charge is -2.16. The molecule has 0 aliphatic rings. The van der Waals surface area contributed by atoms with Gasteiger partial charge in [-0.2, -0.15) is 11.8 Å². The zero-order valence-electron chi connectivity index (χ0n) is 10.0. The van der Waals surface area contributed by atoms with Crippen LogP contribution >= 0.6 is 11.8 Å². The predicted octanol–water partition coefficient (Wildman–Crippen LogP) is 0.479. The second-order valence-corrected chi connectivity index (χ2v) is 4.74. The molecular formula is C10H22N2O2S. The fourth-order valence-electron chi connectivity index (χ4n) is 0.948. The Labute approximate surface area is 96.5 Å². The summed E-state index contributed by atoms with van der Waals surface area (Å²) in [5.41, 5.74) is 0. The highest BCUT2D eigenvalue weighted by Crippen LogP contribution is 2.02. The Kier molecular flexibility index (Phi) is 8.85. The number of nitrogens with one attached hydrogen (secondary N) is 2. The Morgan fingerprint density at radius 1 is 1.47 bits per heavy atom. The molecular weight excluding hydrogens is 212 g/mol. The summed E-state index contributed by atoms with van der Waals surface area (Å²) in [6.07, 6.45) is 2.07. The average Bonchev–Trinajstić information content (AvgIpc) is 2.25. The van der Waals surface area contributed by atoms with E-state index in [1.165, 1.54) is 0 Å². The van der Waals surface area contributed by atoms with Gasteiger partial charge in [-0.15, -0.1) is 0 Å². The van der Waals surface area contributed by atoms with Gasteiger partial charge in [0.2, 0.25) is 5.91 Å². The molecule has 2 atom stereocenters. The lowest BCUT2D eigenvalue weighted by atomic mass is 10.3. The largest absolute Gasteiger partial charge is 0.383 e. The number of carbonyl (C=O) groups is 1. The molecule has 0 heterocycles. The van der Waals surface area contributed by atoms with Crippen LogP contribution in [0, 0.1) is 0 Å². The van der Waals surface area contributed by atoms with Crippen molar-refractivity contribution in [1.82, 2.24) is 10.6 Å². The predicted molar refractivity (Wildman–Crippen MR) is 65.3 cm³/mol. The molecule has 0 aromatic heterocycles. The molecule has 0 bridgehead atoms. The van der Waals surface area contributed by atoms with Crippen molar-refractivity contribution in [3.05, 3.63) is 0 Å². The summed E-state index contributed by atoms with van der Waals surface area (Å²) in [6, 6.07) is -0.142. The molecule has 1 amide bonds. The van der Waals surface area contributed by atoms with E-state index in [1.54, 1.807) is 18.9 Å². The summed E-state index contributed by atoms with van der Waals surface area (Å²) in [4.78, 5) is 11.5. The van der Waals surface area contributed by atoms with E-state index in [9.17, 15) is 4.79 Å². The first-order valence-corrected chi connectivity index (χ1v) is 6.43. The van der Waals surface area contributed by atoms with Crippen molar-refractivity contribution in [1.29, 1.82) is 0 Å². The summed E-state index contributed by atoms with van der Waals surface area (Å²) >= 11 is 1.79. The van der Waals surface area contributed by atoms with E-state index in [0.29, 0.717) is 18.4 Å². The van der Waals surface area contributed by atoms with Gasteiger partial charge >= 0.3 is 0 Å². The monoisotopic (exact) mass is 234 g/mol. The van der Waals surface area contributed by atoms with Gasteiger partial charge in [-0.1, -0.05) is 6.92 Å². The molecule has 2 N–H and O–H groups in total. The van der Waals surface area contributed by atoms with Crippen LogP contribution in [0.1, 0.15) is 13.8 Å². The van der Waals surface area contributed by atoms with Crippen molar-refractivity contribution in [2.45, 2.75) is 25.1 Å². The van der Waals surface area contributed by atoms with Crippen LogP contribution in [0.5, 0.6) is 0 Å². The molecule has 0 saturated carbocycles. The van der Waals surface area contributed by atoms with Crippen LogP contribution in [0.15, 0.2) is 0 Å². The van der Waals surface area contributed by atoms with Gasteiger partial charge in [0.25, 0.3) is 0 Å². The van der Waals surface area contributed by atoms with Gasteiger partial charge in [-0.05, 0) is 13.2 Å². The van der Waals surface area contributed by atoms with Crippen LogP contribution in [0.2, 0.25) is 0 Å². The van der Waals surface area contributed by atoms with E-state index >= 15 is 0 Å². The second kappa shape index (κ2) is 9.00. The maximum atomic E-state index is 11.5. The van der Waals surface area contributed by atoms with Crippen LogP contribution in [-0.4, -0.2) is 50.3 Å². The maximum Gasteiger partial charge on any atom is 0.236 e. The van der Waals surface area contributed by atoms with Crippen molar-refractivity contribution < 1.29 is 9.53 Å². The number of rotatable bonds is 8. The average molecular weight is 234 g/mol. The molecule has 4 nitrogen and oxygen atoms in total. The zero-order chi connectivity index (χ0) is 11.7. The standard InChI is InChI=1S/C10H22N2O2S/c1-8(15-4)7-12-9(2)10(13)11-5-6-14-3/h8-9,12H,5-7H2,1-4H3,(H,11,13). The van der Waals surface area contributed by atoms with E-state index in [1.807, 2.05) is 6.92 Å². The van der Waals surface area contributed by atoms with Crippen LogP contribution in [0.25, 0.3) is 0 Å². The van der Waals surface area contributed by atoms with Crippen molar-refractivity contribution >= 4 is 17.7 Å². The lowest BCUT2D eigenvalue weighted by molar-refractivity contribution is -0.122. The molecule has 0 rings (SSSR count). The Bertz CT molecular complexity index is 179. The Hall–Kier alpha value is -0.260. The van der Waals surface area contributed by atoms with Crippen molar-refractivity contribution in [3.63, 3.8) is 0 Å². The van der Waals surface area contributed by atoms with E-state index < -0.39 is 0 Å². The molecule has 0 radical (unpaired) electrons. The molecule has 0 aromatic carbocycles. The van der Waals surface area contributed by atoms with Crippen LogP contribution in [-0.2, 0) is 9.53 Å². The molecule has 5 heteroatoms. The minimum Gasteiger partial charge on any atom is -0.383 e. The fourth-order valence-corrected chi connectivity index (χ4v) is 1.21. The van der Waals surface area contributed by atoms with Gasteiger partial charge in [0.1, 0.15) is 0 Å². The number of methoxy groups -OCH3 is 1. The molecule has 90 valence electrons. The fraction of sp³-hybridized carbons (Fsp3) is 0.900. The number of hydrogen-bond donors (Lipinski definition) is 2. The summed E-state index contributed by atoms with van der Waals surface area (Å²) < 4.78 is 4.85. The third kappa shape index (κ3) is 7.64. The SMILES string of the molecule is COCCNC(=O)C(C)NCC(C)SC. The Balaban J connectivity index is 3.60. The third-order valence-electron chi connectivity index (χ3n) is 2.11. The quantitative estimate of drug-likeness (QED) is 0.600. The van der Waals surface area contributed by atoms with Gasteiger partial charge < -0.3 is 15.4 Å². The Morgan fingerprint density at radius 3 is 2.67 bits per heavy atom. The van der Waals surface area contributed by atoms with Crippen LogP contribution in [0.4, 0.5) is 0 Å². The first-order chi connectivity index (χ1) is 7.11. The van der Waals surface area contributed by atoms with Gasteiger partial charge in [0.05, 0.1) is 12.6 Å². The smallest absolute Gasteiger partial charge is 0.236 e. The number of hydrogen-bond acceptors (Lipinski definition) is 4. The van der Waals surface area contributed by atoms with E-state index in [2.05, 4.69) is 23.8 Å². The maximum absolute atomic E-state index is 11.5. The zero-order valence-corrected chi connectivity index (χ0v) is 10.8. The minimum atomic E-state index is -0.142. The highest BCUT2D eigenvalue weighted by Gasteiger charge is 2.12. The summed E-state index contributed by atoms with van der Waals surface area (Å²) in [7, 11) is 1.62. The lowest BCUT2D eigenvalue weighted by Crippen LogP contribution is -2.44. The molecule has 15 heavy (non-hydrogen) atoms. The van der Waals surface area contributed by atoms with E-state index in [-0.39, 0.29) is 11.9 Å².